The number of guanidine groups is 1. The Morgan fingerprint density at radius 2 is 2.00 bits per heavy atom. The fourth-order valence-electron chi connectivity index (χ4n) is 2.23. The second-order valence-corrected chi connectivity index (χ2v) is 6.56. The summed E-state index contributed by atoms with van der Waals surface area (Å²) < 4.78 is 5.70. The van der Waals surface area contributed by atoms with Gasteiger partial charge in [-0.05, 0) is 42.4 Å². The van der Waals surface area contributed by atoms with E-state index in [0.717, 1.165) is 37.2 Å². The molecule has 1 saturated carbocycles. The van der Waals surface area contributed by atoms with Crippen LogP contribution in [-0.2, 0) is 6.42 Å². The van der Waals surface area contributed by atoms with Crippen LogP contribution in [0.1, 0.15) is 32.8 Å². The van der Waals surface area contributed by atoms with Gasteiger partial charge in [-0.3, -0.25) is 4.99 Å². The molecule has 0 aliphatic heterocycles. The van der Waals surface area contributed by atoms with E-state index in [4.69, 9.17) is 4.74 Å². The number of rotatable bonds is 7. The summed E-state index contributed by atoms with van der Waals surface area (Å²) in [5.74, 6) is 3.19. The third kappa shape index (κ3) is 5.58. The topological polar surface area (TPSA) is 45.7 Å². The van der Waals surface area contributed by atoms with Gasteiger partial charge in [-0.25, -0.2) is 0 Å². The lowest BCUT2D eigenvalue weighted by Crippen LogP contribution is -2.39. The molecular formula is C18H29N3O. The molecule has 0 radical (unpaired) electrons. The highest BCUT2D eigenvalue weighted by atomic mass is 16.5. The zero-order valence-electron chi connectivity index (χ0n) is 14.2. The van der Waals surface area contributed by atoms with Gasteiger partial charge in [0.05, 0.1) is 6.61 Å². The smallest absolute Gasteiger partial charge is 0.191 e. The molecular weight excluding hydrogens is 274 g/mol. The Morgan fingerprint density at radius 1 is 1.32 bits per heavy atom. The van der Waals surface area contributed by atoms with Crippen LogP contribution in [0.3, 0.4) is 0 Å². The molecule has 1 aliphatic rings. The Bertz CT molecular complexity index is 482. The van der Waals surface area contributed by atoms with Crippen molar-refractivity contribution in [2.24, 2.45) is 16.8 Å². The van der Waals surface area contributed by atoms with Gasteiger partial charge in [-0.1, -0.05) is 32.9 Å². The van der Waals surface area contributed by atoms with Gasteiger partial charge in [-0.2, -0.15) is 0 Å². The summed E-state index contributed by atoms with van der Waals surface area (Å²) in [7, 11) is 1.82. The molecule has 122 valence electrons. The van der Waals surface area contributed by atoms with Crippen molar-refractivity contribution in [2.45, 2.75) is 39.7 Å². The van der Waals surface area contributed by atoms with Crippen molar-refractivity contribution in [3.8, 4) is 5.75 Å². The van der Waals surface area contributed by atoms with Gasteiger partial charge in [0.25, 0.3) is 0 Å². The maximum absolute atomic E-state index is 5.70. The molecule has 4 nitrogen and oxygen atoms in total. The van der Waals surface area contributed by atoms with Gasteiger partial charge in [0.15, 0.2) is 5.96 Å². The third-order valence-electron chi connectivity index (χ3n) is 3.87. The van der Waals surface area contributed by atoms with Gasteiger partial charge in [0.1, 0.15) is 5.75 Å². The average molecular weight is 303 g/mol. The molecule has 22 heavy (non-hydrogen) atoms. The Hall–Kier alpha value is -1.71. The fraction of sp³-hybridized carbons (Fsp3) is 0.611. The molecule has 0 heterocycles. The van der Waals surface area contributed by atoms with E-state index in [1.54, 1.807) is 0 Å². The Morgan fingerprint density at radius 3 is 2.55 bits per heavy atom. The Labute approximate surface area is 134 Å². The summed E-state index contributed by atoms with van der Waals surface area (Å²) in [5.41, 5.74) is 1.31. The van der Waals surface area contributed by atoms with E-state index in [2.05, 4.69) is 60.7 Å². The minimum Gasteiger partial charge on any atom is -0.493 e. The SMILES string of the molecule is CN=C(NCCc1ccc(OCC(C)C)cc1)NC1CC1C. The van der Waals surface area contributed by atoms with Crippen LogP contribution in [-0.4, -0.2) is 32.2 Å². The lowest BCUT2D eigenvalue weighted by atomic mass is 10.1. The van der Waals surface area contributed by atoms with Crippen molar-refractivity contribution >= 4 is 5.96 Å². The number of nitrogens with one attached hydrogen (secondary N) is 2. The quantitative estimate of drug-likeness (QED) is 0.601. The molecule has 4 heteroatoms. The van der Waals surface area contributed by atoms with E-state index in [9.17, 15) is 0 Å². The highest BCUT2D eigenvalue weighted by Crippen LogP contribution is 2.28. The molecule has 0 amide bonds. The molecule has 1 aromatic rings. The first-order chi connectivity index (χ1) is 10.6. The minimum atomic E-state index is 0.553. The Balaban J connectivity index is 1.69. The molecule has 2 rings (SSSR count). The summed E-state index contributed by atoms with van der Waals surface area (Å²) >= 11 is 0. The van der Waals surface area contributed by atoms with Crippen molar-refractivity contribution in [1.82, 2.24) is 10.6 Å². The fourth-order valence-corrected chi connectivity index (χ4v) is 2.23. The number of ether oxygens (including phenoxy) is 1. The summed E-state index contributed by atoms with van der Waals surface area (Å²) in [5, 5.41) is 6.80. The summed E-state index contributed by atoms with van der Waals surface area (Å²) in [6.07, 6.45) is 2.23. The maximum atomic E-state index is 5.70. The van der Waals surface area contributed by atoms with Crippen LogP contribution in [0.4, 0.5) is 0 Å². The zero-order chi connectivity index (χ0) is 15.9. The second kappa shape index (κ2) is 8.06. The van der Waals surface area contributed by atoms with E-state index in [1.165, 1.54) is 12.0 Å². The highest BCUT2D eigenvalue weighted by Gasteiger charge is 2.33. The summed E-state index contributed by atoms with van der Waals surface area (Å²) in [4.78, 5) is 4.26. The standard InChI is InChI=1S/C18H29N3O/c1-13(2)12-22-16-7-5-15(6-8-16)9-10-20-18(19-4)21-17-11-14(17)3/h5-8,13-14,17H,9-12H2,1-4H3,(H2,19,20,21). The molecule has 2 N–H and O–H groups in total. The van der Waals surface area contributed by atoms with E-state index in [-0.39, 0.29) is 0 Å². The highest BCUT2D eigenvalue weighted by molar-refractivity contribution is 5.80. The predicted octanol–water partition coefficient (Wildman–Crippen LogP) is 2.84. The van der Waals surface area contributed by atoms with Gasteiger partial charge in [0.2, 0.25) is 0 Å². The average Bonchev–Trinajstić information content (AvgIpc) is 3.20. The van der Waals surface area contributed by atoms with Crippen molar-refractivity contribution in [1.29, 1.82) is 0 Å². The lowest BCUT2D eigenvalue weighted by Gasteiger charge is -2.12. The van der Waals surface area contributed by atoms with Gasteiger partial charge in [-0.15, -0.1) is 0 Å². The van der Waals surface area contributed by atoms with Crippen molar-refractivity contribution in [3.05, 3.63) is 29.8 Å². The molecule has 0 saturated heterocycles. The first kappa shape index (κ1) is 16.7. The van der Waals surface area contributed by atoms with Crippen LogP contribution in [0.5, 0.6) is 5.75 Å². The minimum absolute atomic E-state index is 0.553. The number of hydrogen-bond acceptors (Lipinski definition) is 2. The monoisotopic (exact) mass is 303 g/mol. The van der Waals surface area contributed by atoms with E-state index in [0.29, 0.717) is 12.0 Å². The van der Waals surface area contributed by atoms with Crippen LogP contribution < -0.4 is 15.4 Å². The predicted molar refractivity (Wildman–Crippen MR) is 92.5 cm³/mol. The molecule has 1 aromatic carbocycles. The van der Waals surface area contributed by atoms with Gasteiger partial charge < -0.3 is 15.4 Å². The van der Waals surface area contributed by atoms with Crippen LogP contribution in [0.25, 0.3) is 0 Å². The van der Waals surface area contributed by atoms with Crippen molar-refractivity contribution in [2.75, 3.05) is 20.2 Å². The number of nitrogens with zero attached hydrogens (tertiary/aromatic N) is 1. The van der Waals surface area contributed by atoms with Crippen LogP contribution in [0.2, 0.25) is 0 Å². The molecule has 1 fully saturated rings. The Kier molecular flexibility index (Phi) is 6.10. The van der Waals surface area contributed by atoms with Gasteiger partial charge >= 0.3 is 0 Å². The first-order valence-corrected chi connectivity index (χ1v) is 8.27. The molecule has 0 bridgehead atoms. The first-order valence-electron chi connectivity index (χ1n) is 8.27. The number of hydrogen-bond donors (Lipinski definition) is 2. The van der Waals surface area contributed by atoms with Crippen molar-refractivity contribution in [3.63, 3.8) is 0 Å². The molecule has 1 aliphatic carbocycles. The maximum Gasteiger partial charge on any atom is 0.191 e. The third-order valence-corrected chi connectivity index (χ3v) is 3.87. The van der Waals surface area contributed by atoms with Crippen LogP contribution in [0, 0.1) is 11.8 Å². The van der Waals surface area contributed by atoms with E-state index >= 15 is 0 Å². The number of aliphatic imine (C=N–C) groups is 1. The van der Waals surface area contributed by atoms with Gasteiger partial charge in [0, 0.05) is 19.6 Å². The summed E-state index contributed by atoms with van der Waals surface area (Å²) in [6.45, 7) is 8.22. The molecule has 0 aromatic heterocycles. The summed E-state index contributed by atoms with van der Waals surface area (Å²) in [6, 6.07) is 8.98. The van der Waals surface area contributed by atoms with Crippen LogP contribution in [0.15, 0.2) is 29.3 Å². The lowest BCUT2D eigenvalue weighted by molar-refractivity contribution is 0.271. The number of benzene rings is 1. The molecule has 2 atom stereocenters. The van der Waals surface area contributed by atoms with Crippen molar-refractivity contribution < 1.29 is 4.74 Å². The normalized spacial score (nSPS) is 20.9. The molecule has 0 spiro atoms. The second-order valence-electron chi connectivity index (χ2n) is 6.56. The molecule has 2 unspecified atom stereocenters. The van der Waals surface area contributed by atoms with Crippen LogP contribution >= 0.6 is 0 Å². The zero-order valence-corrected chi connectivity index (χ0v) is 14.2. The van der Waals surface area contributed by atoms with E-state index in [1.807, 2.05) is 7.05 Å². The van der Waals surface area contributed by atoms with E-state index < -0.39 is 0 Å². The largest absolute Gasteiger partial charge is 0.493 e.